The molecule has 1 aliphatic heterocycles. The number of hydrogen-bond acceptors (Lipinski definition) is 6. The number of aliphatic hydroxyl groups excluding tert-OH is 1. The molecule has 0 bridgehead atoms. The normalized spacial score (nSPS) is 24.0. The summed E-state index contributed by atoms with van der Waals surface area (Å²) in [6, 6.07) is 7.65. The van der Waals surface area contributed by atoms with Gasteiger partial charge in [-0.3, -0.25) is 0 Å². The van der Waals surface area contributed by atoms with Crippen molar-refractivity contribution in [3.63, 3.8) is 0 Å². The van der Waals surface area contributed by atoms with Gasteiger partial charge in [-0.1, -0.05) is 101 Å². The Morgan fingerprint density at radius 2 is 1.57 bits per heavy atom. The van der Waals surface area contributed by atoms with Gasteiger partial charge in [0.25, 0.3) is 0 Å². The average Bonchev–Trinajstić information content (AvgIpc) is 2.87. The van der Waals surface area contributed by atoms with Gasteiger partial charge < -0.3 is 19.3 Å². The van der Waals surface area contributed by atoms with Crippen LogP contribution in [0.4, 0.5) is 0 Å². The summed E-state index contributed by atoms with van der Waals surface area (Å²) in [4.78, 5) is 15.4. The fourth-order valence-electron chi connectivity index (χ4n) is 4.40. The Balaban J connectivity index is 1.70. The van der Waals surface area contributed by atoms with E-state index in [1.807, 2.05) is 0 Å². The van der Waals surface area contributed by atoms with Crippen molar-refractivity contribution in [1.29, 1.82) is 0 Å². The molecule has 0 amide bonds. The molecule has 1 N–H and O–H groups in total. The Bertz CT molecular complexity index is 756. The third-order valence-electron chi connectivity index (χ3n) is 6.50. The van der Waals surface area contributed by atoms with E-state index < -0.39 is 36.6 Å². The molecule has 8 nitrogen and oxygen atoms in total. The van der Waals surface area contributed by atoms with E-state index in [9.17, 15) is 9.90 Å². The number of ether oxygens (including phenoxy) is 3. The van der Waals surface area contributed by atoms with Crippen LogP contribution >= 0.6 is 0 Å². The second-order valence-corrected chi connectivity index (χ2v) is 9.39. The predicted octanol–water partition coefficient (Wildman–Crippen LogP) is 6.71. The highest BCUT2D eigenvalue weighted by atomic mass is 16.7. The van der Waals surface area contributed by atoms with Gasteiger partial charge in [0.05, 0.1) is 11.7 Å². The van der Waals surface area contributed by atoms with Crippen molar-refractivity contribution < 1.29 is 24.1 Å². The van der Waals surface area contributed by atoms with Gasteiger partial charge in [0.15, 0.2) is 6.29 Å². The number of hydrogen-bond donors (Lipinski definition) is 1. The van der Waals surface area contributed by atoms with Gasteiger partial charge in [0.2, 0.25) is 0 Å². The fourth-order valence-corrected chi connectivity index (χ4v) is 4.40. The zero-order valence-corrected chi connectivity index (χ0v) is 21.4. The molecule has 0 unspecified atom stereocenters. The minimum atomic E-state index is -1.26. The maximum atomic E-state index is 12.6. The van der Waals surface area contributed by atoms with Crippen LogP contribution in [-0.2, 0) is 14.2 Å². The van der Waals surface area contributed by atoms with Crippen molar-refractivity contribution in [3.8, 4) is 0 Å². The number of rotatable bonds is 17. The van der Waals surface area contributed by atoms with E-state index in [2.05, 4.69) is 16.9 Å². The van der Waals surface area contributed by atoms with Crippen LogP contribution in [0.5, 0.6) is 0 Å². The van der Waals surface area contributed by atoms with E-state index in [-0.39, 0.29) is 0 Å². The molecule has 1 aliphatic rings. The Hall–Kier alpha value is -2.12. The molecule has 1 heterocycles. The number of azide groups is 1. The number of esters is 1. The first kappa shape index (κ1) is 29.1. The van der Waals surface area contributed by atoms with Crippen LogP contribution in [-0.4, -0.2) is 48.3 Å². The number of unbranched alkanes of at least 4 members (excludes halogenated alkanes) is 11. The van der Waals surface area contributed by atoms with Crippen LogP contribution in [0, 0.1) is 0 Å². The molecule has 0 spiro atoms. The van der Waals surface area contributed by atoms with Crippen LogP contribution in [0.2, 0.25) is 0 Å². The SMILES string of the molecule is CCCCCCCCCCCCCCO[C@@H]1O[C@H](C)[C@H](N=[N+]=[N-])[C@H](OC(=O)c2ccccc2)[C@H]1O. The highest BCUT2D eigenvalue weighted by Crippen LogP contribution is 2.28. The molecule has 0 aromatic heterocycles. The van der Waals surface area contributed by atoms with E-state index in [1.54, 1.807) is 37.3 Å². The molecule has 0 aliphatic carbocycles. The highest BCUT2D eigenvalue weighted by molar-refractivity contribution is 5.89. The molecular weight excluding hydrogens is 446 g/mol. The maximum absolute atomic E-state index is 12.6. The predicted molar refractivity (Wildman–Crippen MR) is 136 cm³/mol. The minimum absolute atomic E-state index is 0.354. The molecule has 1 aromatic rings. The molecule has 1 aromatic carbocycles. The minimum Gasteiger partial charge on any atom is -0.455 e. The molecule has 2 rings (SSSR count). The fraction of sp³-hybridized carbons (Fsp3) is 0.741. The zero-order valence-electron chi connectivity index (χ0n) is 21.4. The number of carbonyl (C=O) groups excluding carboxylic acids is 1. The second kappa shape index (κ2) is 17.3. The Kier molecular flexibility index (Phi) is 14.4. The van der Waals surface area contributed by atoms with E-state index >= 15 is 0 Å². The summed E-state index contributed by atoms with van der Waals surface area (Å²) < 4.78 is 17.1. The number of carbonyl (C=O) groups is 1. The Morgan fingerprint density at radius 1 is 1.00 bits per heavy atom. The van der Waals surface area contributed by atoms with Crippen LogP contribution in [0.1, 0.15) is 101 Å². The van der Waals surface area contributed by atoms with Gasteiger partial charge in [-0.15, -0.1) is 0 Å². The van der Waals surface area contributed by atoms with Crippen molar-refractivity contribution in [1.82, 2.24) is 0 Å². The van der Waals surface area contributed by atoms with Gasteiger partial charge in [0.1, 0.15) is 18.2 Å². The van der Waals surface area contributed by atoms with Crippen LogP contribution in [0.25, 0.3) is 10.4 Å². The number of benzene rings is 1. The quantitative estimate of drug-likeness (QED) is 0.0858. The molecule has 8 heteroatoms. The molecule has 196 valence electrons. The first-order chi connectivity index (χ1) is 17.1. The van der Waals surface area contributed by atoms with Gasteiger partial charge in [-0.05, 0) is 31.0 Å². The average molecular weight is 490 g/mol. The molecule has 0 saturated carbocycles. The molecule has 5 atom stereocenters. The van der Waals surface area contributed by atoms with Crippen molar-refractivity contribution >= 4 is 5.97 Å². The highest BCUT2D eigenvalue weighted by Gasteiger charge is 2.46. The van der Waals surface area contributed by atoms with E-state index in [0.29, 0.717) is 12.2 Å². The monoisotopic (exact) mass is 489 g/mol. The summed E-state index contributed by atoms with van der Waals surface area (Å²) >= 11 is 0. The number of nitrogens with zero attached hydrogens (tertiary/aromatic N) is 3. The summed E-state index contributed by atoms with van der Waals surface area (Å²) in [7, 11) is 0. The van der Waals surface area contributed by atoms with Gasteiger partial charge in [-0.2, -0.15) is 0 Å². The molecule has 1 fully saturated rings. The first-order valence-electron chi connectivity index (χ1n) is 13.3. The molecule has 0 radical (unpaired) electrons. The lowest BCUT2D eigenvalue weighted by atomic mass is 9.97. The van der Waals surface area contributed by atoms with E-state index in [0.717, 1.165) is 12.8 Å². The molecule has 35 heavy (non-hydrogen) atoms. The molecular formula is C27H43N3O5. The topological polar surface area (TPSA) is 114 Å². The van der Waals surface area contributed by atoms with Gasteiger partial charge in [0, 0.05) is 11.5 Å². The Morgan fingerprint density at radius 3 is 2.14 bits per heavy atom. The van der Waals surface area contributed by atoms with Crippen molar-refractivity contribution in [3.05, 3.63) is 46.3 Å². The standard InChI is InChI=1S/C27H43N3O5/c1-3-4-5-6-7-8-9-10-11-12-13-17-20-33-27-24(31)25(23(29-30-28)21(2)34-27)35-26(32)22-18-15-14-16-19-22/h14-16,18-19,21,23-25,27,31H,3-13,17,20H2,1-2H3/t21-,23+,24-,25+,27-/m1/s1. The summed E-state index contributed by atoms with van der Waals surface area (Å²) in [5.41, 5.74) is 9.30. The zero-order chi connectivity index (χ0) is 25.3. The third-order valence-corrected chi connectivity index (χ3v) is 6.50. The lowest BCUT2D eigenvalue weighted by Crippen LogP contribution is -2.58. The summed E-state index contributed by atoms with van der Waals surface area (Å²) in [6.45, 7) is 4.41. The summed E-state index contributed by atoms with van der Waals surface area (Å²) in [6.07, 6.45) is 11.2. The van der Waals surface area contributed by atoms with Crippen molar-refractivity contribution in [2.24, 2.45) is 5.11 Å². The van der Waals surface area contributed by atoms with Gasteiger partial charge >= 0.3 is 5.97 Å². The van der Waals surface area contributed by atoms with Crippen LogP contribution in [0.3, 0.4) is 0 Å². The maximum Gasteiger partial charge on any atom is 0.338 e. The second-order valence-electron chi connectivity index (χ2n) is 9.39. The van der Waals surface area contributed by atoms with Crippen LogP contribution < -0.4 is 0 Å². The summed E-state index contributed by atoms with van der Waals surface area (Å²) in [5, 5.41) is 14.5. The lowest BCUT2D eigenvalue weighted by Gasteiger charge is -2.41. The van der Waals surface area contributed by atoms with Crippen LogP contribution in [0.15, 0.2) is 35.4 Å². The molecule has 1 saturated heterocycles. The van der Waals surface area contributed by atoms with Crippen molar-refractivity contribution in [2.75, 3.05) is 6.61 Å². The summed E-state index contributed by atoms with van der Waals surface area (Å²) in [5.74, 6) is -0.596. The Labute approximate surface area is 210 Å². The van der Waals surface area contributed by atoms with Gasteiger partial charge in [-0.25, -0.2) is 4.79 Å². The first-order valence-corrected chi connectivity index (χ1v) is 13.3. The van der Waals surface area contributed by atoms with E-state index in [4.69, 9.17) is 19.7 Å². The third kappa shape index (κ3) is 10.6. The van der Waals surface area contributed by atoms with Crippen molar-refractivity contribution in [2.45, 2.75) is 122 Å². The largest absolute Gasteiger partial charge is 0.455 e. The lowest BCUT2D eigenvalue weighted by molar-refractivity contribution is -0.268. The van der Waals surface area contributed by atoms with E-state index in [1.165, 1.54) is 64.2 Å². The number of aliphatic hydroxyl groups is 1. The smallest absolute Gasteiger partial charge is 0.338 e.